The Bertz CT molecular complexity index is 658. The van der Waals surface area contributed by atoms with Gasteiger partial charge in [-0.25, -0.2) is 4.98 Å². The van der Waals surface area contributed by atoms with Gasteiger partial charge < -0.3 is 9.84 Å². The molecule has 0 bridgehead atoms. The molecule has 0 saturated heterocycles. The van der Waals surface area contributed by atoms with Crippen LogP contribution in [0, 0.1) is 6.92 Å². The smallest absolute Gasteiger partial charge is 0.0900 e. The van der Waals surface area contributed by atoms with Crippen LogP contribution in [0.5, 0.6) is 0 Å². The number of ether oxygens (including phenoxy) is 1. The fraction of sp³-hybridized carbons (Fsp3) is 0.526. The topological polar surface area (TPSA) is 45.6 Å². The van der Waals surface area contributed by atoms with Gasteiger partial charge in [0.25, 0.3) is 0 Å². The lowest BCUT2D eigenvalue weighted by molar-refractivity contribution is -0.0265. The van der Waals surface area contributed by atoms with Crippen LogP contribution in [-0.2, 0) is 17.7 Å². The molecule has 0 aliphatic heterocycles. The predicted octanol–water partition coefficient (Wildman–Crippen LogP) is 3.34. The van der Waals surface area contributed by atoms with E-state index in [1.165, 1.54) is 16.0 Å². The number of aryl methyl sites for hydroxylation is 2. The summed E-state index contributed by atoms with van der Waals surface area (Å²) in [5.41, 5.74) is 2.69. The standard InChI is InChI=1S/C19H26N2O2S/c1-14-20-10-17(24-14)12-21(2)11-16(22)13-23-19-9-5-7-15-6-3-4-8-18(15)19/h3-4,6,8,10,16,19,22H,5,7,9,11-13H2,1-2H3/t16-,19-/m1/s1. The number of hydrogen-bond donors (Lipinski definition) is 1. The second kappa shape index (κ2) is 8.21. The number of thiazole rings is 1. The van der Waals surface area contributed by atoms with Gasteiger partial charge in [-0.2, -0.15) is 0 Å². The van der Waals surface area contributed by atoms with Crippen LogP contribution in [0.1, 0.15) is 40.0 Å². The number of hydrogen-bond acceptors (Lipinski definition) is 5. The van der Waals surface area contributed by atoms with Gasteiger partial charge in [-0.05, 0) is 44.4 Å². The highest BCUT2D eigenvalue weighted by Gasteiger charge is 2.21. The van der Waals surface area contributed by atoms with Crippen molar-refractivity contribution in [3.8, 4) is 0 Å². The third kappa shape index (κ3) is 4.63. The Labute approximate surface area is 148 Å². The maximum atomic E-state index is 10.3. The normalized spacial score (nSPS) is 18.6. The largest absolute Gasteiger partial charge is 0.389 e. The van der Waals surface area contributed by atoms with Crippen molar-refractivity contribution < 1.29 is 9.84 Å². The Kier molecular flexibility index (Phi) is 6.00. The summed E-state index contributed by atoms with van der Waals surface area (Å²) in [4.78, 5) is 7.62. The highest BCUT2D eigenvalue weighted by molar-refractivity contribution is 7.11. The van der Waals surface area contributed by atoms with Crippen LogP contribution in [0.4, 0.5) is 0 Å². The van der Waals surface area contributed by atoms with Crippen molar-refractivity contribution in [3.05, 3.63) is 51.5 Å². The molecule has 1 aromatic heterocycles. The number of fused-ring (bicyclic) bond motifs is 1. The highest BCUT2D eigenvalue weighted by Crippen LogP contribution is 2.32. The maximum Gasteiger partial charge on any atom is 0.0900 e. The van der Waals surface area contributed by atoms with E-state index in [4.69, 9.17) is 4.74 Å². The molecule has 24 heavy (non-hydrogen) atoms. The summed E-state index contributed by atoms with van der Waals surface area (Å²) >= 11 is 1.71. The molecule has 2 aromatic rings. The summed E-state index contributed by atoms with van der Waals surface area (Å²) in [6.07, 6.45) is 4.90. The van der Waals surface area contributed by atoms with Gasteiger partial charge in [0.15, 0.2) is 0 Å². The first-order chi connectivity index (χ1) is 11.6. The fourth-order valence-corrected chi connectivity index (χ4v) is 4.21. The molecule has 0 amide bonds. The second-order valence-electron chi connectivity index (χ2n) is 6.61. The summed E-state index contributed by atoms with van der Waals surface area (Å²) in [6, 6.07) is 8.50. The van der Waals surface area contributed by atoms with E-state index < -0.39 is 6.10 Å². The van der Waals surface area contributed by atoms with Crippen molar-refractivity contribution in [2.75, 3.05) is 20.2 Å². The number of aliphatic hydroxyl groups is 1. The molecule has 2 atom stereocenters. The Morgan fingerprint density at radius 2 is 2.25 bits per heavy atom. The van der Waals surface area contributed by atoms with Gasteiger partial charge in [-0.15, -0.1) is 11.3 Å². The SMILES string of the molecule is Cc1ncc(CN(C)C[C@@H](O)CO[C@@H]2CCCc3ccccc32)s1. The zero-order valence-corrected chi connectivity index (χ0v) is 15.3. The van der Waals surface area contributed by atoms with Crippen LogP contribution in [0.15, 0.2) is 30.5 Å². The van der Waals surface area contributed by atoms with Crippen molar-refractivity contribution in [2.24, 2.45) is 0 Å². The molecular weight excluding hydrogens is 320 g/mol. The molecule has 0 unspecified atom stereocenters. The van der Waals surface area contributed by atoms with Crippen LogP contribution in [0.3, 0.4) is 0 Å². The number of aliphatic hydroxyl groups excluding tert-OH is 1. The molecule has 4 nitrogen and oxygen atoms in total. The van der Waals surface area contributed by atoms with Crippen LogP contribution in [-0.4, -0.2) is 41.3 Å². The zero-order valence-electron chi connectivity index (χ0n) is 14.4. The lowest BCUT2D eigenvalue weighted by Gasteiger charge is -2.27. The van der Waals surface area contributed by atoms with Crippen molar-refractivity contribution in [2.45, 2.75) is 44.9 Å². The third-order valence-electron chi connectivity index (χ3n) is 4.42. The zero-order chi connectivity index (χ0) is 16.9. The average molecular weight is 346 g/mol. The first kappa shape index (κ1) is 17.5. The predicted molar refractivity (Wildman–Crippen MR) is 97.3 cm³/mol. The molecule has 1 aliphatic carbocycles. The summed E-state index contributed by atoms with van der Waals surface area (Å²) in [5.74, 6) is 0. The minimum atomic E-state index is -0.474. The molecule has 130 valence electrons. The number of nitrogens with zero attached hydrogens (tertiary/aromatic N) is 2. The molecule has 3 rings (SSSR count). The Hall–Kier alpha value is -1.27. The average Bonchev–Trinajstić information content (AvgIpc) is 2.97. The van der Waals surface area contributed by atoms with Crippen molar-refractivity contribution in [1.29, 1.82) is 0 Å². The van der Waals surface area contributed by atoms with Gasteiger partial charge in [0.1, 0.15) is 0 Å². The number of aromatic nitrogens is 1. The molecule has 1 aromatic carbocycles. The van der Waals surface area contributed by atoms with Gasteiger partial charge in [0.2, 0.25) is 0 Å². The van der Waals surface area contributed by atoms with E-state index in [2.05, 4.69) is 34.1 Å². The van der Waals surface area contributed by atoms with Gasteiger partial charge in [-0.3, -0.25) is 4.90 Å². The summed E-state index contributed by atoms with van der Waals surface area (Å²) in [5, 5.41) is 11.4. The minimum absolute atomic E-state index is 0.124. The van der Waals surface area contributed by atoms with Gasteiger partial charge >= 0.3 is 0 Å². The molecule has 0 radical (unpaired) electrons. The molecule has 5 heteroatoms. The van der Waals surface area contributed by atoms with E-state index in [1.54, 1.807) is 11.3 Å². The highest BCUT2D eigenvalue weighted by atomic mass is 32.1. The fourth-order valence-electron chi connectivity index (χ4n) is 3.33. The van der Waals surface area contributed by atoms with Crippen LogP contribution < -0.4 is 0 Å². The third-order valence-corrected chi connectivity index (χ3v) is 5.32. The van der Waals surface area contributed by atoms with Gasteiger partial charge in [-0.1, -0.05) is 24.3 Å². The number of rotatable bonds is 7. The molecular formula is C19H26N2O2S. The molecule has 1 N–H and O–H groups in total. The lowest BCUT2D eigenvalue weighted by atomic mass is 9.89. The lowest BCUT2D eigenvalue weighted by Crippen LogP contribution is -2.32. The minimum Gasteiger partial charge on any atom is -0.389 e. The van der Waals surface area contributed by atoms with Crippen LogP contribution in [0.25, 0.3) is 0 Å². The first-order valence-corrected chi connectivity index (χ1v) is 9.41. The summed E-state index contributed by atoms with van der Waals surface area (Å²) < 4.78 is 6.04. The van der Waals surface area contributed by atoms with Gasteiger partial charge in [0.05, 0.1) is 23.8 Å². The first-order valence-electron chi connectivity index (χ1n) is 8.59. The molecule has 0 fully saturated rings. The Balaban J connectivity index is 1.46. The van der Waals surface area contributed by atoms with Crippen molar-refractivity contribution in [3.63, 3.8) is 0 Å². The van der Waals surface area contributed by atoms with E-state index in [0.717, 1.165) is 30.8 Å². The summed E-state index contributed by atoms with van der Waals surface area (Å²) in [7, 11) is 2.02. The van der Waals surface area contributed by atoms with Crippen LogP contribution in [0.2, 0.25) is 0 Å². The molecule has 1 aliphatic rings. The second-order valence-corrected chi connectivity index (χ2v) is 7.93. The van der Waals surface area contributed by atoms with Gasteiger partial charge in [0, 0.05) is 24.2 Å². The number of likely N-dealkylation sites (N-methyl/N-ethyl adjacent to an activating group) is 1. The van der Waals surface area contributed by atoms with Crippen LogP contribution >= 0.6 is 11.3 Å². The van der Waals surface area contributed by atoms with E-state index in [0.29, 0.717) is 13.2 Å². The van der Waals surface area contributed by atoms with E-state index in [1.807, 2.05) is 20.2 Å². The quantitative estimate of drug-likeness (QED) is 0.835. The van der Waals surface area contributed by atoms with Crippen molar-refractivity contribution >= 4 is 11.3 Å². The molecule has 0 spiro atoms. The Morgan fingerprint density at radius 1 is 1.42 bits per heavy atom. The monoisotopic (exact) mass is 346 g/mol. The molecule has 1 heterocycles. The van der Waals surface area contributed by atoms with Crippen molar-refractivity contribution in [1.82, 2.24) is 9.88 Å². The van der Waals surface area contributed by atoms with E-state index in [-0.39, 0.29) is 6.10 Å². The van der Waals surface area contributed by atoms with E-state index in [9.17, 15) is 5.11 Å². The molecule has 0 saturated carbocycles. The maximum absolute atomic E-state index is 10.3. The Morgan fingerprint density at radius 3 is 3.04 bits per heavy atom. The van der Waals surface area contributed by atoms with E-state index >= 15 is 0 Å². The number of benzene rings is 1. The summed E-state index contributed by atoms with van der Waals surface area (Å²) in [6.45, 7) is 3.81.